The van der Waals surface area contributed by atoms with Crippen LogP contribution in [0.2, 0.25) is 0 Å². The third-order valence-electron chi connectivity index (χ3n) is 5.56. The molecule has 0 saturated carbocycles. The van der Waals surface area contributed by atoms with Gasteiger partial charge in [-0.1, -0.05) is 0 Å². The lowest BCUT2D eigenvalue weighted by Gasteiger charge is -2.22. The number of benzene rings is 1. The number of carbonyl (C=O) groups excluding carboxylic acids is 1. The molecule has 0 aliphatic carbocycles. The zero-order valence-electron chi connectivity index (χ0n) is 15.1. The topological polar surface area (TPSA) is 50.2 Å². The molecule has 1 aromatic carbocycles. The first-order chi connectivity index (χ1) is 12.6. The van der Waals surface area contributed by atoms with Crippen LogP contribution in [0.4, 0.5) is 5.69 Å². The number of aryl methyl sites for hydroxylation is 2. The molecular weight excluding hydrogens is 344 g/mol. The fourth-order valence-corrected chi connectivity index (χ4v) is 5.50. The second-order valence-corrected chi connectivity index (χ2v) is 8.57. The fraction of sp³-hybridized carbons (Fsp3) is 0.400. The number of carbonyl (C=O) groups is 1. The van der Waals surface area contributed by atoms with Gasteiger partial charge in [0.25, 0.3) is 5.91 Å². The first kappa shape index (κ1) is 16.0. The summed E-state index contributed by atoms with van der Waals surface area (Å²) in [6, 6.07) is 6.32. The lowest BCUT2D eigenvalue weighted by molar-refractivity contribution is 0.0996. The number of thiophene rings is 1. The van der Waals surface area contributed by atoms with E-state index in [2.05, 4.69) is 35.5 Å². The van der Waals surface area contributed by atoms with Gasteiger partial charge in [0.05, 0.1) is 17.6 Å². The van der Waals surface area contributed by atoms with Gasteiger partial charge in [0, 0.05) is 34.1 Å². The van der Waals surface area contributed by atoms with Crippen LogP contribution in [0.25, 0.3) is 10.9 Å². The monoisotopic (exact) mass is 366 g/mol. The molecule has 1 saturated heterocycles. The Bertz CT molecular complexity index is 1010. The SMILES string of the molecule is Cc1cc(N2Cc3sc(C4CCNCC4)cc3C2=O)cc2cn(C)nc12. The number of nitrogens with one attached hydrogen (secondary N) is 1. The van der Waals surface area contributed by atoms with Gasteiger partial charge in [-0.05, 0) is 62.5 Å². The minimum Gasteiger partial charge on any atom is -0.317 e. The number of anilines is 1. The lowest BCUT2D eigenvalue weighted by Crippen LogP contribution is -2.26. The summed E-state index contributed by atoms with van der Waals surface area (Å²) in [5, 5.41) is 9.00. The summed E-state index contributed by atoms with van der Waals surface area (Å²) >= 11 is 1.84. The Hall–Kier alpha value is -2.18. The van der Waals surface area contributed by atoms with E-state index >= 15 is 0 Å². The Labute approximate surface area is 156 Å². The van der Waals surface area contributed by atoms with Crippen molar-refractivity contribution in [1.82, 2.24) is 15.1 Å². The predicted octanol–water partition coefficient (Wildman–Crippen LogP) is 3.57. The second kappa shape index (κ2) is 5.93. The molecule has 4 heterocycles. The van der Waals surface area contributed by atoms with Crippen LogP contribution in [0, 0.1) is 6.92 Å². The zero-order chi connectivity index (χ0) is 17.8. The Morgan fingerprint density at radius 1 is 1.23 bits per heavy atom. The third kappa shape index (κ3) is 2.47. The summed E-state index contributed by atoms with van der Waals surface area (Å²) in [5.74, 6) is 0.751. The maximum absolute atomic E-state index is 13.0. The zero-order valence-corrected chi connectivity index (χ0v) is 15.9. The highest BCUT2D eigenvalue weighted by atomic mass is 32.1. The average molecular weight is 366 g/mol. The number of piperidine rings is 1. The van der Waals surface area contributed by atoms with Crippen LogP contribution in [0.15, 0.2) is 24.4 Å². The molecule has 3 aromatic rings. The quantitative estimate of drug-likeness (QED) is 0.754. The Morgan fingerprint density at radius 2 is 2.04 bits per heavy atom. The maximum atomic E-state index is 13.0. The molecule has 5 nitrogen and oxygen atoms in total. The van der Waals surface area contributed by atoms with E-state index in [-0.39, 0.29) is 5.91 Å². The van der Waals surface area contributed by atoms with E-state index in [9.17, 15) is 4.79 Å². The van der Waals surface area contributed by atoms with Gasteiger partial charge in [0.2, 0.25) is 0 Å². The molecule has 6 heteroatoms. The van der Waals surface area contributed by atoms with Crippen molar-refractivity contribution in [2.24, 2.45) is 7.05 Å². The molecule has 2 aliphatic rings. The smallest absolute Gasteiger partial charge is 0.259 e. The van der Waals surface area contributed by atoms with Crippen molar-refractivity contribution >= 4 is 33.8 Å². The van der Waals surface area contributed by atoms with Crippen LogP contribution in [-0.4, -0.2) is 28.8 Å². The molecule has 2 aliphatic heterocycles. The third-order valence-corrected chi connectivity index (χ3v) is 6.84. The standard InChI is InChI=1S/C20H22N4OS/c1-12-7-15(8-14-10-23(2)22-19(12)14)24-11-18-16(20(24)25)9-17(26-18)13-3-5-21-6-4-13/h7-10,13,21H,3-6,11H2,1-2H3. The maximum Gasteiger partial charge on any atom is 0.259 e. The van der Waals surface area contributed by atoms with Crippen molar-refractivity contribution in [3.63, 3.8) is 0 Å². The Balaban J connectivity index is 1.46. The number of fused-ring (bicyclic) bond motifs is 2. The lowest BCUT2D eigenvalue weighted by atomic mass is 9.96. The summed E-state index contributed by atoms with van der Waals surface area (Å²) in [5.41, 5.74) is 4.00. The molecule has 1 amide bonds. The van der Waals surface area contributed by atoms with E-state index in [4.69, 9.17) is 0 Å². The van der Waals surface area contributed by atoms with Crippen molar-refractivity contribution in [2.75, 3.05) is 18.0 Å². The number of nitrogens with zero attached hydrogens (tertiary/aromatic N) is 3. The Morgan fingerprint density at radius 3 is 2.81 bits per heavy atom. The van der Waals surface area contributed by atoms with E-state index in [1.165, 1.54) is 22.6 Å². The van der Waals surface area contributed by atoms with Crippen molar-refractivity contribution < 1.29 is 4.79 Å². The number of hydrogen-bond acceptors (Lipinski definition) is 4. The highest BCUT2D eigenvalue weighted by molar-refractivity contribution is 7.12. The van der Waals surface area contributed by atoms with Gasteiger partial charge in [-0.15, -0.1) is 11.3 Å². The van der Waals surface area contributed by atoms with E-state index in [0.29, 0.717) is 12.5 Å². The molecule has 134 valence electrons. The molecule has 0 unspecified atom stereocenters. The van der Waals surface area contributed by atoms with E-state index in [0.717, 1.165) is 40.8 Å². The van der Waals surface area contributed by atoms with E-state index < -0.39 is 0 Å². The first-order valence-electron chi connectivity index (χ1n) is 9.19. The molecule has 5 rings (SSSR count). The van der Waals surface area contributed by atoms with E-state index in [1.54, 1.807) is 0 Å². The molecule has 2 aromatic heterocycles. The van der Waals surface area contributed by atoms with Gasteiger partial charge >= 0.3 is 0 Å². The van der Waals surface area contributed by atoms with Gasteiger partial charge in [-0.3, -0.25) is 9.48 Å². The molecule has 0 bridgehead atoms. The van der Waals surface area contributed by atoms with Gasteiger partial charge < -0.3 is 10.2 Å². The molecule has 26 heavy (non-hydrogen) atoms. The first-order valence-corrected chi connectivity index (χ1v) is 10.0. The number of rotatable bonds is 2. The number of amides is 1. The van der Waals surface area contributed by atoms with Crippen LogP contribution in [0.1, 0.15) is 44.4 Å². The highest BCUT2D eigenvalue weighted by Gasteiger charge is 2.32. The normalized spacial score (nSPS) is 18.1. The summed E-state index contributed by atoms with van der Waals surface area (Å²) in [6.45, 7) is 4.91. The molecule has 1 fully saturated rings. The van der Waals surface area contributed by atoms with Crippen molar-refractivity contribution in [3.05, 3.63) is 45.3 Å². The van der Waals surface area contributed by atoms with Gasteiger partial charge in [-0.2, -0.15) is 5.10 Å². The minimum atomic E-state index is 0.138. The van der Waals surface area contributed by atoms with Crippen molar-refractivity contribution in [1.29, 1.82) is 0 Å². The summed E-state index contributed by atoms with van der Waals surface area (Å²) in [7, 11) is 1.93. The molecule has 0 atom stereocenters. The number of aromatic nitrogens is 2. The fourth-order valence-electron chi connectivity index (χ4n) is 4.19. The average Bonchev–Trinajstić information content (AvgIpc) is 3.30. The second-order valence-electron chi connectivity index (χ2n) is 7.40. The van der Waals surface area contributed by atoms with Gasteiger partial charge in [0.15, 0.2) is 0 Å². The molecular formula is C20H22N4OS. The molecule has 0 spiro atoms. The van der Waals surface area contributed by atoms with Crippen molar-refractivity contribution in [3.8, 4) is 0 Å². The summed E-state index contributed by atoms with van der Waals surface area (Å²) < 4.78 is 1.83. The summed E-state index contributed by atoms with van der Waals surface area (Å²) in [6.07, 6.45) is 4.36. The Kier molecular flexibility index (Phi) is 3.65. The molecule has 0 radical (unpaired) electrons. The van der Waals surface area contributed by atoms with Crippen LogP contribution in [0.3, 0.4) is 0 Å². The largest absolute Gasteiger partial charge is 0.317 e. The van der Waals surface area contributed by atoms with Gasteiger partial charge in [-0.25, -0.2) is 0 Å². The summed E-state index contributed by atoms with van der Waals surface area (Å²) in [4.78, 5) is 17.6. The van der Waals surface area contributed by atoms with E-state index in [1.807, 2.05) is 34.2 Å². The van der Waals surface area contributed by atoms with Gasteiger partial charge in [0.1, 0.15) is 0 Å². The van der Waals surface area contributed by atoms with Crippen LogP contribution >= 0.6 is 11.3 Å². The molecule has 1 N–H and O–H groups in total. The predicted molar refractivity (Wildman–Crippen MR) is 105 cm³/mol. The van der Waals surface area contributed by atoms with Crippen LogP contribution in [-0.2, 0) is 13.6 Å². The van der Waals surface area contributed by atoms with Crippen LogP contribution < -0.4 is 10.2 Å². The minimum absolute atomic E-state index is 0.138. The van der Waals surface area contributed by atoms with Crippen molar-refractivity contribution in [2.45, 2.75) is 32.2 Å². The number of hydrogen-bond donors (Lipinski definition) is 1. The van der Waals surface area contributed by atoms with Crippen LogP contribution in [0.5, 0.6) is 0 Å². The highest BCUT2D eigenvalue weighted by Crippen LogP contribution is 2.39.